The van der Waals surface area contributed by atoms with Crippen molar-refractivity contribution in [2.45, 2.75) is 57.3 Å². The number of pyridine rings is 1. The van der Waals surface area contributed by atoms with Crippen molar-refractivity contribution >= 4 is 16.8 Å². The van der Waals surface area contributed by atoms with E-state index >= 15 is 0 Å². The van der Waals surface area contributed by atoms with Gasteiger partial charge in [-0.2, -0.15) is 0 Å². The third-order valence-corrected chi connectivity index (χ3v) is 6.85. The summed E-state index contributed by atoms with van der Waals surface area (Å²) in [6.07, 6.45) is 2.98. The molecule has 1 saturated heterocycles. The number of benzene rings is 1. The summed E-state index contributed by atoms with van der Waals surface area (Å²) in [7, 11) is 2.15. The van der Waals surface area contributed by atoms with Gasteiger partial charge in [-0.25, -0.2) is 8.78 Å². The molecule has 2 fully saturated rings. The highest BCUT2D eigenvalue weighted by atomic mass is 19.3. The summed E-state index contributed by atoms with van der Waals surface area (Å²) in [5.74, 6) is -2.08. The summed E-state index contributed by atoms with van der Waals surface area (Å²) in [5, 5.41) is 3.86. The van der Waals surface area contributed by atoms with Crippen LogP contribution in [0.25, 0.3) is 10.9 Å². The van der Waals surface area contributed by atoms with Crippen LogP contribution < -0.4 is 5.32 Å². The van der Waals surface area contributed by atoms with E-state index in [0.717, 1.165) is 48.1 Å². The molecular formula is C24H31F2N3O. The summed E-state index contributed by atoms with van der Waals surface area (Å²) in [5.41, 5.74) is 3.51. The number of alkyl halides is 2. The Morgan fingerprint density at radius 3 is 2.53 bits per heavy atom. The van der Waals surface area contributed by atoms with E-state index in [9.17, 15) is 13.6 Å². The van der Waals surface area contributed by atoms with Crippen molar-refractivity contribution in [2.24, 2.45) is 5.92 Å². The summed E-state index contributed by atoms with van der Waals surface area (Å²) in [6, 6.07) is 8.03. The molecule has 1 aliphatic carbocycles. The van der Waals surface area contributed by atoms with Gasteiger partial charge in [0, 0.05) is 36.4 Å². The maximum atomic E-state index is 13.4. The van der Waals surface area contributed by atoms with Gasteiger partial charge in [-0.15, -0.1) is 0 Å². The van der Waals surface area contributed by atoms with Gasteiger partial charge in [0.05, 0.1) is 11.1 Å². The number of rotatable bonds is 4. The highest BCUT2D eigenvalue weighted by molar-refractivity contribution is 6.07. The molecule has 0 radical (unpaired) electrons. The molecule has 1 N–H and O–H groups in total. The Balaban J connectivity index is 1.49. The second-order valence-corrected chi connectivity index (χ2v) is 9.15. The number of amides is 1. The largest absolute Gasteiger partial charge is 0.352 e. The molecule has 0 atom stereocenters. The smallest absolute Gasteiger partial charge is 0.252 e. The van der Waals surface area contributed by atoms with Gasteiger partial charge in [0.25, 0.3) is 5.91 Å². The number of hydrogen-bond acceptors (Lipinski definition) is 3. The molecule has 1 aliphatic heterocycles. The summed E-state index contributed by atoms with van der Waals surface area (Å²) < 4.78 is 26.7. The summed E-state index contributed by atoms with van der Waals surface area (Å²) >= 11 is 0. The first-order valence-electron chi connectivity index (χ1n) is 11.1. The maximum absolute atomic E-state index is 13.4. The Morgan fingerprint density at radius 2 is 1.83 bits per heavy atom. The number of likely N-dealkylation sites (tertiary alicyclic amines) is 1. The van der Waals surface area contributed by atoms with Crippen LogP contribution in [-0.2, 0) is 0 Å². The molecule has 6 heteroatoms. The number of halogens is 2. The van der Waals surface area contributed by atoms with E-state index in [1.165, 1.54) is 0 Å². The molecule has 0 bridgehead atoms. The van der Waals surface area contributed by atoms with Gasteiger partial charge in [-0.05, 0) is 76.4 Å². The van der Waals surface area contributed by atoms with Crippen LogP contribution in [0.2, 0.25) is 0 Å². The molecule has 0 spiro atoms. The number of hydrogen-bond donors (Lipinski definition) is 1. The molecule has 2 heterocycles. The Morgan fingerprint density at radius 1 is 1.13 bits per heavy atom. The van der Waals surface area contributed by atoms with Crippen molar-refractivity contribution in [1.82, 2.24) is 15.2 Å². The fourth-order valence-corrected chi connectivity index (χ4v) is 4.79. The van der Waals surface area contributed by atoms with E-state index in [4.69, 9.17) is 4.98 Å². The first-order valence-corrected chi connectivity index (χ1v) is 11.1. The molecule has 0 unspecified atom stereocenters. The second-order valence-electron chi connectivity index (χ2n) is 9.15. The van der Waals surface area contributed by atoms with Gasteiger partial charge in [0.2, 0.25) is 5.92 Å². The van der Waals surface area contributed by atoms with Gasteiger partial charge >= 0.3 is 0 Å². The average molecular weight is 416 g/mol. The van der Waals surface area contributed by atoms with Crippen LogP contribution in [0.1, 0.15) is 66.1 Å². The van der Waals surface area contributed by atoms with Crippen molar-refractivity contribution in [2.75, 3.05) is 26.7 Å². The minimum atomic E-state index is -2.54. The zero-order valence-electron chi connectivity index (χ0n) is 17.9. The molecule has 2 aromatic rings. The molecule has 4 nitrogen and oxygen atoms in total. The Kier molecular flexibility index (Phi) is 6.05. The lowest BCUT2D eigenvalue weighted by Gasteiger charge is -2.29. The average Bonchev–Trinajstić information content (AvgIpc) is 2.73. The lowest BCUT2D eigenvalue weighted by molar-refractivity contribution is -0.0452. The van der Waals surface area contributed by atoms with E-state index in [1.807, 2.05) is 25.1 Å². The SMILES string of the molecule is Cc1ccc2nc(C3CCN(C)CC3)ccc2c1C(=O)NCC1CCC(F)(F)CC1. The molecule has 1 aromatic carbocycles. The van der Waals surface area contributed by atoms with Crippen molar-refractivity contribution in [3.8, 4) is 0 Å². The molecule has 1 amide bonds. The van der Waals surface area contributed by atoms with Gasteiger partial charge in [0.1, 0.15) is 0 Å². The Bertz CT molecular complexity index is 912. The predicted molar refractivity (Wildman–Crippen MR) is 115 cm³/mol. The predicted octanol–water partition coefficient (Wildman–Crippen LogP) is 4.91. The van der Waals surface area contributed by atoms with E-state index in [1.54, 1.807) is 0 Å². The van der Waals surface area contributed by atoms with Crippen LogP contribution in [0.15, 0.2) is 24.3 Å². The van der Waals surface area contributed by atoms with Crippen molar-refractivity contribution in [3.05, 3.63) is 41.1 Å². The Labute approximate surface area is 177 Å². The van der Waals surface area contributed by atoms with Crippen LogP contribution in [0.5, 0.6) is 0 Å². The molecule has 162 valence electrons. The molecule has 2 aliphatic rings. The maximum Gasteiger partial charge on any atom is 0.252 e. The number of carbonyl (C=O) groups excluding carboxylic acids is 1. The standard InChI is InChI=1S/C24H31F2N3O/c1-16-3-5-21-19(4-6-20(28-21)18-9-13-29(2)14-10-18)22(16)23(30)27-15-17-7-11-24(25,26)12-8-17/h3-6,17-18H,7-15H2,1-2H3,(H,27,30). The highest BCUT2D eigenvalue weighted by Gasteiger charge is 2.35. The number of piperidine rings is 1. The summed E-state index contributed by atoms with van der Waals surface area (Å²) in [6.45, 7) is 4.55. The minimum absolute atomic E-state index is 0.0789. The molecular weight excluding hydrogens is 384 g/mol. The fraction of sp³-hybridized carbons (Fsp3) is 0.583. The van der Waals surface area contributed by atoms with Gasteiger partial charge in [-0.3, -0.25) is 9.78 Å². The van der Waals surface area contributed by atoms with Crippen molar-refractivity contribution < 1.29 is 13.6 Å². The van der Waals surface area contributed by atoms with Crippen molar-refractivity contribution in [1.29, 1.82) is 0 Å². The molecule has 1 aromatic heterocycles. The summed E-state index contributed by atoms with van der Waals surface area (Å²) in [4.78, 5) is 20.2. The number of nitrogens with one attached hydrogen (secondary N) is 1. The number of aryl methyl sites for hydroxylation is 1. The minimum Gasteiger partial charge on any atom is -0.352 e. The quantitative estimate of drug-likeness (QED) is 0.772. The van der Waals surface area contributed by atoms with Gasteiger partial charge in [0.15, 0.2) is 0 Å². The topological polar surface area (TPSA) is 45.2 Å². The van der Waals surface area contributed by atoms with E-state index in [2.05, 4.69) is 23.3 Å². The van der Waals surface area contributed by atoms with Crippen LogP contribution in [-0.4, -0.2) is 48.4 Å². The molecule has 1 saturated carbocycles. The van der Waals surface area contributed by atoms with E-state index in [-0.39, 0.29) is 24.7 Å². The van der Waals surface area contributed by atoms with E-state index < -0.39 is 5.92 Å². The molecule has 4 rings (SSSR count). The van der Waals surface area contributed by atoms with Crippen LogP contribution >= 0.6 is 0 Å². The lowest BCUT2D eigenvalue weighted by atomic mass is 9.86. The first kappa shape index (κ1) is 21.2. The van der Waals surface area contributed by atoms with Crippen LogP contribution in [0, 0.1) is 12.8 Å². The monoisotopic (exact) mass is 415 g/mol. The van der Waals surface area contributed by atoms with E-state index in [0.29, 0.717) is 30.9 Å². The Hall–Kier alpha value is -2.08. The number of fused-ring (bicyclic) bond motifs is 1. The van der Waals surface area contributed by atoms with Crippen LogP contribution in [0.3, 0.4) is 0 Å². The van der Waals surface area contributed by atoms with Gasteiger partial charge < -0.3 is 10.2 Å². The van der Waals surface area contributed by atoms with Crippen molar-refractivity contribution in [3.63, 3.8) is 0 Å². The second kappa shape index (κ2) is 8.58. The third-order valence-electron chi connectivity index (χ3n) is 6.85. The lowest BCUT2D eigenvalue weighted by Crippen LogP contribution is -2.34. The number of carbonyl (C=O) groups is 1. The highest BCUT2D eigenvalue weighted by Crippen LogP contribution is 2.36. The third kappa shape index (κ3) is 4.64. The normalized spacial score (nSPS) is 21.1. The van der Waals surface area contributed by atoms with Crippen LogP contribution in [0.4, 0.5) is 8.78 Å². The van der Waals surface area contributed by atoms with Gasteiger partial charge in [-0.1, -0.05) is 12.1 Å². The molecule has 30 heavy (non-hydrogen) atoms. The fourth-order valence-electron chi connectivity index (χ4n) is 4.79. The number of aromatic nitrogens is 1. The zero-order valence-corrected chi connectivity index (χ0v) is 17.9. The first-order chi connectivity index (χ1) is 14.3. The zero-order chi connectivity index (χ0) is 21.3. The number of nitrogens with zero attached hydrogens (tertiary/aromatic N) is 2.